The average Bonchev–Trinajstić information content (AvgIpc) is 1.97. The first-order valence-corrected chi connectivity index (χ1v) is 3.74. The van der Waals surface area contributed by atoms with Crippen molar-refractivity contribution in [1.29, 1.82) is 0 Å². The molecule has 1 aliphatic rings. The molecule has 0 N–H and O–H groups in total. The van der Waals surface area contributed by atoms with Gasteiger partial charge >= 0.3 is 0 Å². The number of halogens is 1. The number of alkyl halides is 1. The van der Waals surface area contributed by atoms with Crippen molar-refractivity contribution in [3.63, 3.8) is 0 Å². The van der Waals surface area contributed by atoms with E-state index in [0.29, 0.717) is 0 Å². The van der Waals surface area contributed by atoms with E-state index < -0.39 is 6.17 Å². The molecule has 0 aromatic carbocycles. The summed E-state index contributed by atoms with van der Waals surface area (Å²) in [6.07, 6.45) is 2.57. The molecule has 0 aromatic rings. The summed E-state index contributed by atoms with van der Waals surface area (Å²) in [6.45, 7) is 3.69. The van der Waals surface area contributed by atoms with Gasteiger partial charge in [0.1, 0.15) is 11.9 Å². The Morgan fingerprint density at radius 2 is 2.09 bits per heavy atom. The second-order valence-electron chi connectivity index (χ2n) is 2.89. The zero-order valence-corrected chi connectivity index (χ0v) is 7.10. The fourth-order valence-corrected chi connectivity index (χ4v) is 1.16. The maximum Gasteiger partial charge on any atom is 0.125 e. The summed E-state index contributed by atoms with van der Waals surface area (Å²) in [7, 11) is 1.61. The SMILES string of the molecule is COC1=CC(C)C(F)C=C1C. The third-order valence-corrected chi connectivity index (χ3v) is 1.93. The largest absolute Gasteiger partial charge is 0.497 e. The second kappa shape index (κ2) is 3.07. The van der Waals surface area contributed by atoms with Crippen molar-refractivity contribution in [2.75, 3.05) is 7.11 Å². The number of methoxy groups -OCH3 is 1. The van der Waals surface area contributed by atoms with Gasteiger partial charge in [0.2, 0.25) is 0 Å². The molecule has 62 valence electrons. The Balaban J connectivity index is 2.82. The number of hydrogen-bond acceptors (Lipinski definition) is 1. The summed E-state index contributed by atoms with van der Waals surface area (Å²) in [5, 5.41) is 0. The normalized spacial score (nSPS) is 30.9. The molecule has 0 fully saturated rings. The van der Waals surface area contributed by atoms with E-state index in [9.17, 15) is 4.39 Å². The molecule has 1 aliphatic carbocycles. The van der Waals surface area contributed by atoms with Crippen molar-refractivity contribution >= 4 is 0 Å². The van der Waals surface area contributed by atoms with E-state index in [4.69, 9.17) is 4.74 Å². The molecular weight excluding hydrogens is 143 g/mol. The summed E-state index contributed by atoms with van der Waals surface area (Å²) in [5.74, 6) is 0.736. The molecule has 1 nitrogen and oxygen atoms in total. The van der Waals surface area contributed by atoms with Crippen molar-refractivity contribution in [3.05, 3.63) is 23.5 Å². The maximum atomic E-state index is 13.0. The first-order chi connectivity index (χ1) is 5.15. The monoisotopic (exact) mass is 156 g/mol. The number of allylic oxidation sites excluding steroid dienone is 3. The molecule has 0 aliphatic heterocycles. The third-order valence-electron chi connectivity index (χ3n) is 1.93. The predicted molar refractivity (Wildman–Crippen MR) is 42.9 cm³/mol. The molecule has 1 rings (SSSR count). The second-order valence-corrected chi connectivity index (χ2v) is 2.89. The lowest BCUT2D eigenvalue weighted by atomic mass is 9.96. The van der Waals surface area contributed by atoms with Crippen molar-refractivity contribution in [3.8, 4) is 0 Å². The van der Waals surface area contributed by atoms with E-state index in [0.717, 1.165) is 11.3 Å². The van der Waals surface area contributed by atoms with Crippen LogP contribution >= 0.6 is 0 Å². The molecule has 11 heavy (non-hydrogen) atoms. The summed E-state index contributed by atoms with van der Waals surface area (Å²) in [4.78, 5) is 0. The van der Waals surface area contributed by atoms with Gasteiger partial charge in [-0.05, 0) is 24.6 Å². The topological polar surface area (TPSA) is 9.23 Å². The van der Waals surface area contributed by atoms with Crippen LogP contribution in [0.5, 0.6) is 0 Å². The van der Waals surface area contributed by atoms with Gasteiger partial charge in [0, 0.05) is 5.92 Å². The molecule has 0 radical (unpaired) electrons. The van der Waals surface area contributed by atoms with Crippen LogP contribution in [0.2, 0.25) is 0 Å². The lowest BCUT2D eigenvalue weighted by Crippen LogP contribution is -2.14. The Morgan fingerprint density at radius 3 is 2.64 bits per heavy atom. The minimum atomic E-state index is -0.853. The summed E-state index contributed by atoms with van der Waals surface area (Å²) in [6, 6.07) is 0. The fourth-order valence-electron chi connectivity index (χ4n) is 1.16. The van der Waals surface area contributed by atoms with E-state index in [1.807, 2.05) is 19.9 Å². The zero-order valence-electron chi connectivity index (χ0n) is 7.10. The number of hydrogen-bond donors (Lipinski definition) is 0. The van der Waals surface area contributed by atoms with Gasteiger partial charge in [0.25, 0.3) is 0 Å². The number of rotatable bonds is 1. The minimum absolute atomic E-state index is 0.0614. The van der Waals surface area contributed by atoms with Crippen LogP contribution in [0.4, 0.5) is 4.39 Å². The van der Waals surface area contributed by atoms with Gasteiger partial charge < -0.3 is 4.74 Å². The maximum absolute atomic E-state index is 13.0. The van der Waals surface area contributed by atoms with Crippen LogP contribution in [0.25, 0.3) is 0 Å². The predicted octanol–water partition coefficient (Wildman–Crippen LogP) is 2.45. The highest BCUT2D eigenvalue weighted by Crippen LogP contribution is 2.24. The van der Waals surface area contributed by atoms with Gasteiger partial charge in [-0.15, -0.1) is 0 Å². The quantitative estimate of drug-likeness (QED) is 0.566. The van der Waals surface area contributed by atoms with Crippen LogP contribution in [0.3, 0.4) is 0 Å². The molecule has 2 unspecified atom stereocenters. The Labute approximate surface area is 66.6 Å². The number of ether oxygens (including phenoxy) is 1. The molecule has 0 bridgehead atoms. The average molecular weight is 156 g/mol. The Morgan fingerprint density at radius 1 is 1.45 bits per heavy atom. The highest BCUT2D eigenvalue weighted by atomic mass is 19.1. The van der Waals surface area contributed by atoms with E-state index >= 15 is 0 Å². The van der Waals surface area contributed by atoms with Gasteiger partial charge in [0.05, 0.1) is 7.11 Å². The van der Waals surface area contributed by atoms with Crippen LogP contribution in [-0.2, 0) is 4.74 Å². The minimum Gasteiger partial charge on any atom is -0.497 e. The highest BCUT2D eigenvalue weighted by molar-refractivity contribution is 5.30. The first kappa shape index (κ1) is 8.31. The highest BCUT2D eigenvalue weighted by Gasteiger charge is 2.18. The summed E-state index contributed by atoms with van der Waals surface area (Å²) < 4.78 is 18.0. The van der Waals surface area contributed by atoms with Crippen LogP contribution in [0.15, 0.2) is 23.5 Å². The van der Waals surface area contributed by atoms with Crippen molar-refractivity contribution < 1.29 is 9.13 Å². The Kier molecular flexibility index (Phi) is 2.32. The van der Waals surface area contributed by atoms with Gasteiger partial charge in [-0.3, -0.25) is 0 Å². The molecule has 2 atom stereocenters. The van der Waals surface area contributed by atoms with E-state index in [2.05, 4.69) is 0 Å². The van der Waals surface area contributed by atoms with Crippen molar-refractivity contribution in [1.82, 2.24) is 0 Å². The smallest absolute Gasteiger partial charge is 0.125 e. The molecular formula is C9H13FO. The van der Waals surface area contributed by atoms with Gasteiger partial charge in [0.15, 0.2) is 0 Å². The molecule has 0 spiro atoms. The van der Waals surface area contributed by atoms with Gasteiger partial charge in [-0.25, -0.2) is 4.39 Å². The Hall–Kier alpha value is -0.790. The van der Waals surface area contributed by atoms with Crippen LogP contribution in [-0.4, -0.2) is 13.3 Å². The molecule has 0 saturated carbocycles. The van der Waals surface area contributed by atoms with Gasteiger partial charge in [-0.1, -0.05) is 6.92 Å². The van der Waals surface area contributed by atoms with Crippen LogP contribution in [0, 0.1) is 5.92 Å². The zero-order chi connectivity index (χ0) is 8.43. The molecule has 0 saturated heterocycles. The lowest BCUT2D eigenvalue weighted by molar-refractivity contribution is 0.271. The summed E-state index contributed by atoms with van der Waals surface area (Å²) in [5.41, 5.74) is 0.887. The first-order valence-electron chi connectivity index (χ1n) is 3.74. The van der Waals surface area contributed by atoms with Crippen LogP contribution in [0.1, 0.15) is 13.8 Å². The van der Waals surface area contributed by atoms with E-state index in [1.54, 1.807) is 13.2 Å². The molecule has 0 heterocycles. The standard InChI is InChI=1S/C9H13FO/c1-6-5-9(11-3)7(2)4-8(6)10/h4-6,8H,1-3H3. The third kappa shape index (κ3) is 1.62. The molecule has 0 amide bonds. The van der Waals surface area contributed by atoms with Crippen LogP contribution < -0.4 is 0 Å². The van der Waals surface area contributed by atoms with Gasteiger partial charge in [-0.2, -0.15) is 0 Å². The lowest BCUT2D eigenvalue weighted by Gasteiger charge is -2.18. The van der Waals surface area contributed by atoms with E-state index in [-0.39, 0.29) is 5.92 Å². The van der Waals surface area contributed by atoms with Crippen molar-refractivity contribution in [2.45, 2.75) is 20.0 Å². The molecule has 0 aromatic heterocycles. The Bertz CT molecular complexity index is 206. The van der Waals surface area contributed by atoms with Crippen molar-refractivity contribution in [2.24, 2.45) is 5.92 Å². The van der Waals surface area contributed by atoms with E-state index in [1.165, 1.54) is 0 Å². The summed E-state index contributed by atoms with van der Waals surface area (Å²) >= 11 is 0. The molecule has 2 heteroatoms. The fraction of sp³-hybridized carbons (Fsp3) is 0.556.